The Morgan fingerprint density at radius 3 is 2.67 bits per heavy atom. The molecule has 1 heterocycles. The quantitative estimate of drug-likeness (QED) is 0.862. The second-order valence-corrected chi connectivity index (χ2v) is 4.21. The summed E-state index contributed by atoms with van der Waals surface area (Å²) in [4.78, 5) is 0. The molecule has 5 heteroatoms. The van der Waals surface area contributed by atoms with Crippen molar-refractivity contribution >= 4 is 0 Å². The molecule has 1 aliphatic rings. The van der Waals surface area contributed by atoms with Crippen molar-refractivity contribution in [2.24, 2.45) is 0 Å². The van der Waals surface area contributed by atoms with Crippen LogP contribution < -0.4 is 0 Å². The summed E-state index contributed by atoms with van der Waals surface area (Å²) in [5, 5.41) is 9.46. The number of alkyl halides is 1. The van der Waals surface area contributed by atoms with Crippen LogP contribution in [0.2, 0.25) is 0 Å². The van der Waals surface area contributed by atoms with Crippen molar-refractivity contribution in [3.63, 3.8) is 0 Å². The molecule has 0 saturated carbocycles. The van der Waals surface area contributed by atoms with Crippen LogP contribution in [0.25, 0.3) is 0 Å². The summed E-state index contributed by atoms with van der Waals surface area (Å²) in [5.74, 6) is 0. The number of aliphatic hydroxyl groups excluding tert-OH is 1. The van der Waals surface area contributed by atoms with Crippen LogP contribution in [0.3, 0.4) is 0 Å². The van der Waals surface area contributed by atoms with Crippen LogP contribution in [0.4, 0.5) is 4.39 Å². The minimum absolute atomic E-state index is 0.0903. The Bertz CT molecular complexity index is 359. The van der Waals surface area contributed by atoms with E-state index < -0.39 is 24.7 Å². The van der Waals surface area contributed by atoms with Gasteiger partial charge in [-0.1, -0.05) is 30.3 Å². The van der Waals surface area contributed by atoms with Crippen LogP contribution in [-0.4, -0.2) is 43.5 Å². The number of benzene rings is 1. The van der Waals surface area contributed by atoms with E-state index >= 15 is 0 Å². The summed E-state index contributed by atoms with van der Waals surface area (Å²) in [6, 6.07) is 9.59. The summed E-state index contributed by atoms with van der Waals surface area (Å²) in [5.41, 5.74) is 1.01. The van der Waals surface area contributed by atoms with Gasteiger partial charge in [0.15, 0.2) is 12.5 Å². The molecule has 1 fully saturated rings. The molecule has 0 aliphatic carbocycles. The van der Waals surface area contributed by atoms with Gasteiger partial charge in [-0.3, -0.25) is 0 Å². The Hall–Kier alpha value is -1.01. The highest BCUT2D eigenvalue weighted by molar-refractivity contribution is 5.13. The molecule has 0 amide bonds. The van der Waals surface area contributed by atoms with Gasteiger partial charge in [-0.05, 0) is 5.56 Å². The molecule has 18 heavy (non-hydrogen) atoms. The van der Waals surface area contributed by atoms with Gasteiger partial charge in [0.2, 0.25) is 0 Å². The van der Waals surface area contributed by atoms with Crippen molar-refractivity contribution < 1.29 is 23.7 Å². The summed E-state index contributed by atoms with van der Waals surface area (Å²) in [6.07, 6.45) is -4.43. The first kappa shape index (κ1) is 13.4. The minimum atomic E-state index is -1.48. The molecule has 1 aromatic rings. The normalized spacial score (nSPS) is 31.7. The van der Waals surface area contributed by atoms with Gasteiger partial charge in [-0.2, -0.15) is 0 Å². The molecule has 4 atom stereocenters. The van der Waals surface area contributed by atoms with Crippen LogP contribution in [0.1, 0.15) is 5.56 Å². The predicted octanol–water partition coefficient (Wildman–Crippen LogP) is 1.27. The van der Waals surface area contributed by atoms with E-state index in [-0.39, 0.29) is 6.61 Å². The molecular weight excluding hydrogens is 239 g/mol. The van der Waals surface area contributed by atoms with Crippen LogP contribution in [0.5, 0.6) is 0 Å². The largest absolute Gasteiger partial charge is 0.385 e. The Balaban J connectivity index is 1.77. The number of halogens is 1. The van der Waals surface area contributed by atoms with Gasteiger partial charge in [0.05, 0.1) is 13.2 Å². The Kier molecular flexibility index (Phi) is 4.66. The van der Waals surface area contributed by atoms with E-state index in [1.54, 1.807) is 0 Å². The number of ether oxygens (including phenoxy) is 3. The Morgan fingerprint density at radius 2 is 2.06 bits per heavy atom. The highest BCUT2D eigenvalue weighted by Crippen LogP contribution is 2.24. The molecule has 0 aromatic heterocycles. The molecular formula is C13H17FO4. The van der Waals surface area contributed by atoms with Crippen molar-refractivity contribution in [3.8, 4) is 0 Å². The van der Waals surface area contributed by atoms with E-state index in [4.69, 9.17) is 14.2 Å². The summed E-state index contributed by atoms with van der Waals surface area (Å²) < 4.78 is 29.0. The number of rotatable bonds is 5. The zero-order valence-electron chi connectivity index (χ0n) is 10.2. The first-order chi connectivity index (χ1) is 8.72. The molecule has 4 nitrogen and oxygen atoms in total. The number of methoxy groups -OCH3 is 1. The first-order valence-corrected chi connectivity index (χ1v) is 5.84. The van der Waals surface area contributed by atoms with Crippen molar-refractivity contribution in [1.29, 1.82) is 0 Å². The third-order valence-corrected chi connectivity index (χ3v) is 2.90. The van der Waals surface area contributed by atoms with Gasteiger partial charge < -0.3 is 19.3 Å². The van der Waals surface area contributed by atoms with Gasteiger partial charge in [0.1, 0.15) is 12.2 Å². The van der Waals surface area contributed by atoms with Crippen molar-refractivity contribution in [2.45, 2.75) is 31.3 Å². The van der Waals surface area contributed by atoms with Crippen LogP contribution in [-0.2, 0) is 20.8 Å². The molecule has 1 N–H and O–H groups in total. The second-order valence-electron chi connectivity index (χ2n) is 4.21. The molecule has 1 unspecified atom stereocenters. The molecule has 100 valence electrons. The predicted molar refractivity (Wildman–Crippen MR) is 62.7 cm³/mol. The van der Waals surface area contributed by atoms with Crippen LogP contribution in [0, 0.1) is 0 Å². The molecule has 0 radical (unpaired) electrons. The molecule has 1 aliphatic heterocycles. The van der Waals surface area contributed by atoms with Crippen molar-refractivity contribution in [1.82, 2.24) is 0 Å². The lowest BCUT2D eigenvalue weighted by atomic mass is 10.2. The van der Waals surface area contributed by atoms with Gasteiger partial charge in [-0.25, -0.2) is 4.39 Å². The number of aliphatic hydroxyl groups is 1. The molecule has 0 spiro atoms. The third kappa shape index (κ3) is 3.05. The first-order valence-electron chi connectivity index (χ1n) is 5.84. The topological polar surface area (TPSA) is 47.9 Å². The van der Waals surface area contributed by atoms with Crippen LogP contribution >= 0.6 is 0 Å². The van der Waals surface area contributed by atoms with E-state index in [1.807, 2.05) is 30.3 Å². The van der Waals surface area contributed by atoms with Gasteiger partial charge in [0, 0.05) is 7.11 Å². The van der Waals surface area contributed by atoms with Gasteiger partial charge in [0.25, 0.3) is 0 Å². The second kappa shape index (κ2) is 6.24. The molecule has 0 bridgehead atoms. The zero-order chi connectivity index (χ0) is 13.0. The van der Waals surface area contributed by atoms with Crippen molar-refractivity contribution in [2.75, 3.05) is 13.7 Å². The lowest BCUT2D eigenvalue weighted by Crippen LogP contribution is -2.31. The van der Waals surface area contributed by atoms with Crippen LogP contribution in [0.15, 0.2) is 30.3 Å². The molecule has 1 saturated heterocycles. The maximum atomic E-state index is 13.6. The third-order valence-electron chi connectivity index (χ3n) is 2.90. The fraction of sp³-hybridized carbons (Fsp3) is 0.538. The fourth-order valence-corrected chi connectivity index (χ4v) is 1.89. The van der Waals surface area contributed by atoms with E-state index in [1.165, 1.54) is 7.11 Å². The number of hydrogen-bond donors (Lipinski definition) is 1. The van der Waals surface area contributed by atoms with E-state index in [2.05, 4.69) is 0 Å². The average Bonchev–Trinajstić information content (AvgIpc) is 2.68. The maximum Gasteiger partial charge on any atom is 0.186 e. The fourth-order valence-electron chi connectivity index (χ4n) is 1.89. The lowest BCUT2D eigenvalue weighted by molar-refractivity contribution is -0.156. The smallest absolute Gasteiger partial charge is 0.186 e. The summed E-state index contributed by atoms with van der Waals surface area (Å²) in [6.45, 7) is 0.480. The highest BCUT2D eigenvalue weighted by atomic mass is 19.1. The monoisotopic (exact) mass is 256 g/mol. The lowest BCUT2D eigenvalue weighted by Gasteiger charge is -2.13. The van der Waals surface area contributed by atoms with Crippen molar-refractivity contribution in [3.05, 3.63) is 35.9 Å². The standard InChI is InChI=1S/C13H17FO4/c1-16-13-12(15)11(14)10(18-13)8-17-7-9-5-3-2-4-6-9/h2-6,10-13,15H,7-8H2,1H3/t10-,11-,12-,13?/m1/s1. The zero-order valence-corrected chi connectivity index (χ0v) is 10.2. The Labute approximate surface area is 105 Å². The average molecular weight is 256 g/mol. The number of hydrogen-bond acceptors (Lipinski definition) is 4. The summed E-state index contributed by atoms with van der Waals surface area (Å²) >= 11 is 0. The van der Waals surface area contributed by atoms with Gasteiger partial charge in [-0.15, -0.1) is 0 Å². The summed E-state index contributed by atoms with van der Waals surface area (Å²) in [7, 11) is 1.37. The Morgan fingerprint density at radius 1 is 1.33 bits per heavy atom. The van der Waals surface area contributed by atoms with Gasteiger partial charge >= 0.3 is 0 Å². The maximum absolute atomic E-state index is 13.6. The van der Waals surface area contributed by atoms with E-state index in [9.17, 15) is 9.50 Å². The SMILES string of the molecule is COC1O[C@H](COCc2ccccc2)[C@@H](F)[C@H]1O. The van der Waals surface area contributed by atoms with E-state index in [0.29, 0.717) is 6.61 Å². The van der Waals surface area contributed by atoms with E-state index in [0.717, 1.165) is 5.56 Å². The highest BCUT2D eigenvalue weighted by Gasteiger charge is 2.44. The minimum Gasteiger partial charge on any atom is -0.385 e. The molecule has 2 rings (SSSR count). The molecule has 1 aromatic carbocycles.